The van der Waals surface area contributed by atoms with Crippen molar-refractivity contribution in [3.8, 4) is 11.8 Å². The van der Waals surface area contributed by atoms with Gasteiger partial charge < -0.3 is 4.74 Å². The zero-order chi connectivity index (χ0) is 17.9. The van der Waals surface area contributed by atoms with E-state index in [4.69, 9.17) is 10.00 Å². The molecule has 0 atom stereocenters. The number of hydrogen-bond donors (Lipinski definition) is 0. The van der Waals surface area contributed by atoms with Gasteiger partial charge in [0, 0.05) is 13.1 Å². The molecule has 1 fully saturated rings. The second-order valence-corrected chi connectivity index (χ2v) is 7.75. The van der Waals surface area contributed by atoms with Crippen molar-refractivity contribution >= 4 is 10.0 Å². The van der Waals surface area contributed by atoms with E-state index >= 15 is 0 Å². The molecule has 0 N–H and O–H groups in total. The van der Waals surface area contributed by atoms with E-state index in [1.54, 1.807) is 24.3 Å². The van der Waals surface area contributed by atoms with Gasteiger partial charge in [-0.2, -0.15) is 9.57 Å². The molecule has 7 heteroatoms. The summed E-state index contributed by atoms with van der Waals surface area (Å²) >= 11 is 0. The Bertz CT molecular complexity index is 866. The van der Waals surface area contributed by atoms with E-state index in [1.165, 1.54) is 16.4 Å². The lowest BCUT2D eigenvalue weighted by atomic mass is 10.1. The molecule has 0 radical (unpaired) electrons. The second kappa shape index (κ2) is 7.21. The number of nitrogens with zero attached hydrogens (tertiary/aromatic N) is 2. The molecule has 0 bridgehead atoms. The normalized spacial score (nSPS) is 16.3. The first-order chi connectivity index (χ1) is 12.0. The number of halogens is 1. The second-order valence-electron chi connectivity index (χ2n) is 5.81. The van der Waals surface area contributed by atoms with E-state index in [-0.39, 0.29) is 11.0 Å². The Morgan fingerprint density at radius 3 is 2.20 bits per heavy atom. The standard InChI is InChI=1S/C18H17FN2O3S/c19-15-3-7-18(8-4-15)25(22,23)21-11-9-17(10-12-21)24-16-5-1-14(13-20)2-6-16/h1-8,17H,9-12H2. The van der Waals surface area contributed by atoms with Crippen LogP contribution in [0.1, 0.15) is 18.4 Å². The SMILES string of the molecule is N#Cc1ccc(OC2CCN(S(=O)(=O)c3ccc(F)cc3)CC2)cc1. The van der Waals surface area contributed by atoms with Crippen LogP contribution in [0.3, 0.4) is 0 Å². The molecule has 1 aliphatic rings. The summed E-state index contributed by atoms with van der Waals surface area (Å²) in [5, 5.41) is 8.79. The summed E-state index contributed by atoms with van der Waals surface area (Å²) in [6.07, 6.45) is 1.06. The summed E-state index contributed by atoms with van der Waals surface area (Å²) in [6, 6.07) is 13.7. The van der Waals surface area contributed by atoms with Crippen molar-refractivity contribution in [3.05, 3.63) is 59.9 Å². The van der Waals surface area contributed by atoms with Crippen LogP contribution in [-0.4, -0.2) is 31.9 Å². The molecule has 1 saturated heterocycles. The van der Waals surface area contributed by atoms with Crippen molar-refractivity contribution < 1.29 is 17.5 Å². The topological polar surface area (TPSA) is 70.4 Å². The third-order valence-corrected chi connectivity index (χ3v) is 6.05. The molecule has 3 rings (SSSR count). The van der Waals surface area contributed by atoms with Crippen molar-refractivity contribution in [1.82, 2.24) is 4.31 Å². The van der Waals surface area contributed by atoms with Crippen LogP contribution < -0.4 is 4.74 Å². The Balaban J connectivity index is 1.61. The molecule has 1 heterocycles. The first-order valence-electron chi connectivity index (χ1n) is 7.91. The molecular formula is C18H17FN2O3S. The third-order valence-electron chi connectivity index (χ3n) is 4.14. The van der Waals surface area contributed by atoms with Crippen molar-refractivity contribution in [3.63, 3.8) is 0 Å². The van der Waals surface area contributed by atoms with Gasteiger partial charge in [-0.1, -0.05) is 0 Å². The van der Waals surface area contributed by atoms with E-state index in [0.717, 1.165) is 12.1 Å². The average molecular weight is 360 g/mol. The molecule has 2 aromatic carbocycles. The molecule has 130 valence electrons. The molecule has 0 amide bonds. The van der Waals surface area contributed by atoms with E-state index in [9.17, 15) is 12.8 Å². The molecule has 0 spiro atoms. The van der Waals surface area contributed by atoms with Crippen LogP contribution in [0.25, 0.3) is 0 Å². The van der Waals surface area contributed by atoms with Gasteiger partial charge in [-0.25, -0.2) is 12.8 Å². The van der Waals surface area contributed by atoms with Gasteiger partial charge in [0.1, 0.15) is 17.7 Å². The Labute approximate surface area is 146 Å². The smallest absolute Gasteiger partial charge is 0.243 e. The minimum Gasteiger partial charge on any atom is -0.490 e. The highest BCUT2D eigenvalue weighted by molar-refractivity contribution is 7.89. The van der Waals surface area contributed by atoms with Crippen LogP contribution in [0, 0.1) is 17.1 Å². The van der Waals surface area contributed by atoms with Gasteiger partial charge in [0.05, 0.1) is 16.5 Å². The fourth-order valence-electron chi connectivity index (χ4n) is 2.75. The lowest BCUT2D eigenvalue weighted by molar-refractivity contribution is 0.135. The number of sulfonamides is 1. The first kappa shape index (κ1) is 17.4. The molecular weight excluding hydrogens is 343 g/mol. The van der Waals surface area contributed by atoms with Gasteiger partial charge in [-0.15, -0.1) is 0 Å². The van der Waals surface area contributed by atoms with Crippen molar-refractivity contribution in [2.45, 2.75) is 23.8 Å². The minimum absolute atomic E-state index is 0.0763. The predicted molar refractivity (Wildman–Crippen MR) is 90.0 cm³/mol. The van der Waals surface area contributed by atoms with Crippen molar-refractivity contribution in [2.75, 3.05) is 13.1 Å². The maximum atomic E-state index is 13.0. The molecule has 0 saturated carbocycles. The zero-order valence-electron chi connectivity index (χ0n) is 13.4. The fraction of sp³-hybridized carbons (Fsp3) is 0.278. The van der Waals surface area contributed by atoms with Crippen LogP contribution >= 0.6 is 0 Å². The Hall–Kier alpha value is -2.43. The number of piperidine rings is 1. The monoisotopic (exact) mass is 360 g/mol. The number of nitriles is 1. The Kier molecular flexibility index (Phi) is 5.02. The van der Waals surface area contributed by atoms with E-state index in [1.807, 2.05) is 6.07 Å². The van der Waals surface area contributed by atoms with Crippen molar-refractivity contribution in [2.24, 2.45) is 0 Å². The van der Waals surface area contributed by atoms with E-state index in [0.29, 0.717) is 37.2 Å². The van der Waals surface area contributed by atoms with Gasteiger partial charge in [0.25, 0.3) is 0 Å². The molecule has 5 nitrogen and oxygen atoms in total. The van der Waals surface area contributed by atoms with Gasteiger partial charge in [0.2, 0.25) is 10.0 Å². The number of benzene rings is 2. The van der Waals surface area contributed by atoms with E-state index in [2.05, 4.69) is 0 Å². The predicted octanol–water partition coefficient (Wildman–Crippen LogP) is 2.93. The summed E-state index contributed by atoms with van der Waals surface area (Å²) in [4.78, 5) is 0.0976. The Morgan fingerprint density at radius 1 is 1.04 bits per heavy atom. The average Bonchev–Trinajstić information content (AvgIpc) is 2.63. The summed E-state index contributed by atoms with van der Waals surface area (Å²) in [6.45, 7) is 0.696. The van der Waals surface area contributed by atoms with Crippen molar-refractivity contribution in [1.29, 1.82) is 5.26 Å². The summed E-state index contributed by atoms with van der Waals surface area (Å²) in [7, 11) is -3.61. The molecule has 2 aromatic rings. The molecule has 0 aromatic heterocycles. The summed E-state index contributed by atoms with van der Waals surface area (Å²) in [5.41, 5.74) is 0.563. The molecule has 25 heavy (non-hydrogen) atoms. The van der Waals surface area contributed by atoms with Crippen LogP contribution in [0.4, 0.5) is 4.39 Å². The van der Waals surface area contributed by atoms with Crippen LogP contribution in [0.5, 0.6) is 5.75 Å². The quantitative estimate of drug-likeness (QED) is 0.841. The summed E-state index contributed by atoms with van der Waals surface area (Å²) < 4.78 is 45.4. The lowest BCUT2D eigenvalue weighted by Crippen LogP contribution is -2.41. The number of hydrogen-bond acceptors (Lipinski definition) is 4. The van der Waals surface area contributed by atoms with Crippen LogP contribution in [-0.2, 0) is 10.0 Å². The van der Waals surface area contributed by atoms with E-state index < -0.39 is 15.8 Å². The Morgan fingerprint density at radius 2 is 1.64 bits per heavy atom. The highest BCUT2D eigenvalue weighted by atomic mass is 32.2. The van der Waals surface area contributed by atoms with Gasteiger partial charge in [-0.3, -0.25) is 0 Å². The van der Waals surface area contributed by atoms with Crippen LogP contribution in [0.15, 0.2) is 53.4 Å². The van der Waals surface area contributed by atoms with Gasteiger partial charge >= 0.3 is 0 Å². The van der Waals surface area contributed by atoms with Gasteiger partial charge in [0.15, 0.2) is 0 Å². The van der Waals surface area contributed by atoms with Crippen LogP contribution in [0.2, 0.25) is 0 Å². The largest absolute Gasteiger partial charge is 0.490 e. The molecule has 0 aliphatic carbocycles. The zero-order valence-corrected chi connectivity index (χ0v) is 14.2. The third kappa shape index (κ3) is 3.98. The maximum absolute atomic E-state index is 13.0. The number of rotatable bonds is 4. The number of ether oxygens (including phenoxy) is 1. The highest BCUT2D eigenvalue weighted by Gasteiger charge is 2.30. The summed E-state index contributed by atoms with van der Waals surface area (Å²) in [5.74, 6) is 0.201. The molecule has 0 unspecified atom stereocenters. The lowest BCUT2D eigenvalue weighted by Gasteiger charge is -2.31. The fourth-order valence-corrected chi connectivity index (χ4v) is 4.22. The maximum Gasteiger partial charge on any atom is 0.243 e. The first-order valence-corrected chi connectivity index (χ1v) is 9.35. The molecule has 1 aliphatic heterocycles. The highest BCUT2D eigenvalue weighted by Crippen LogP contribution is 2.24. The minimum atomic E-state index is -3.61. The van der Waals surface area contributed by atoms with Gasteiger partial charge in [-0.05, 0) is 61.4 Å².